The first-order valence-corrected chi connectivity index (χ1v) is 10.5. The first-order chi connectivity index (χ1) is 15.9. The van der Waals surface area contributed by atoms with E-state index >= 15 is 0 Å². The molecule has 0 saturated carbocycles. The molecule has 0 saturated heterocycles. The Kier molecular flexibility index (Phi) is 6.35. The predicted octanol–water partition coefficient (Wildman–Crippen LogP) is 4.32. The van der Waals surface area contributed by atoms with Crippen LogP contribution in [-0.2, 0) is 6.54 Å². The molecule has 4 rings (SSSR count). The van der Waals surface area contributed by atoms with Crippen molar-refractivity contribution in [3.8, 4) is 23.1 Å². The number of pyridine rings is 1. The molecule has 0 atom stereocenters. The summed E-state index contributed by atoms with van der Waals surface area (Å²) in [6, 6.07) is 16.9. The van der Waals surface area contributed by atoms with Gasteiger partial charge in [-0.15, -0.1) is 5.10 Å². The van der Waals surface area contributed by atoms with E-state index in [1.165, 1.54) is 4.80 Å². The summed E-state index contributed by atoms with van der Waals surface area (Å²) in [6.07, 6.45) is 1.66. The van der Waals surface area contributed by atoms with Crippen LogP contribution in [0.5, 0.6) is 17.4 Å². The molecule has 33 heavy (non-hydrogen) atoms. The maximum atomic E-state index is 12.7. The summed E-state index contributed by atoms with van der Waals surface area (Å²) in [5.41, 5.74) is 4.73. The molecular formula is C25H25N5O3. The molecule has 0 aliphatic rings. The molecule has 4 aromatic rings. The molecular weight excluding hydrogens is 418 g/mol. The maximum absolute atomic E-state index is 12.7. The fraction of sp³-hybridized carbons (Fsp3) is 0.200. The van der Waals surface area contributed by atoms with E-state index in [1.807, 2.05) is 50.2 Å². The van der Waals surface area contributed by atoms with E-state index in [-0.39, 0.29) is 5.91 Å². The van der Waals surface area contributed by atoms with Crippen LogP contribution in [0.25, 0.3) is 5.69 Å². The van der Waals surface area contributed by atoms with Gasteiger partial charge in [-0.3, -0.25) is 4.79 Å². The van der Waals surface area contributed by atoms with E-state index < -0.39 is 0 Å². The normalized spacial score (nSPS) is 10.7. The largest absolute Gasteiger partial charge is 0.497 e. The Morgan fingerprint density at radius 3 is 2.55 bits per heavy atom. The first-order valence-electron chi connectivity index (χ1n) is 10.5. The molecule has 0 aliphatic carbocycles. The van der Waals surface area contributed by atoms with Gasteiger partial charge in [-0.2, -0.15) is 9.90 Å². The van der Waals surface area contributed by atoms with Crippen molar-refractivity contribution in [2.24, 2.45) is 0 Å². The van der Waals surface area contributed by atoms with Crippen molar-refractivity contribution in [1.82, 2.24) is 25.3 Å². The van der Waals surface area contributed by atoms with Gasteiger partial charge < -0.3 is 14.8 Å². The molecule has 8 nitrogen and oxygen atoms in total. The SMILES string of the molecule is COc1cccc(Oc2ccc(CNC(=O)c3nn(-c4ccc(C)cc4C)nc3C)cn2)c1. The Bertz CT molecular complexity index is 1280. The molecule has 1 amide bonds. The molecule has 0 radical (unpaired) electrons. The van der Waals surface area contributed by atoms with Gasteiger partial charge in [-0.05, 0) is 50.1 Å². The number of hydrogen-bond donors (Lipinski definition) is 1. The molecule has 0 aliphatic heterocycles. The second kappa shape index (κ2) is 9.52. The van der Waals surface area contributed by atoms with Crippen LogP contribution in [0.15, 0.2) is 60.8 Å². The molecule has 2 aromatic carbocycles. The molecule has 8 heteroatoms. The third-order valence-corrected chi connectivity index (χ3v) is 5.08. The van der Waals surface area contributed by atoms with Gasteiger partial charge in [0.15, 0.2) is 5.69 Å². The summed E-state index contributed by atoms with van der Waals surface area (Å²) in [5, 5.41) is 11.7. The van der Waals surface area contributed by atoms with Crippen molar-refractivity contribution in [3.63, 3.8) is 0 Å². The summed E-state index contributed by atoms with van der Waals surface area (Å²) < 4.78 is 10.9. The molecule has 168 valence electrons. The van der Waals surface area contributed by atoms with Gasteiger partial charge in [0.2, 0.25) is 5.88 Å². The van der Waals surface area contributed by atoms with E-state index in [0.717, 1.165) is 22.4 Å². The Labute approximate surface area is 192 Å². The van der Waals surface area contributed by atoms with Crippen LogP contribution in [0.1, 0.15) is 32.9 Å². The smallest absolute Gasteiger partial charge is 0.274 e. The zero-order valence-corrected chi connectivity index (χ0v) is 19.0. The number of carbonyl (C=O) groups is 1. The Morgan fingerprint density at radius 2 is 1.82 bits per heavy atom. The Balaban J connectivity index is 1.39. The minimum atomic E-state index is -0.291. The van der Waals surface area contributed by atoms with Gasteiger partial charge >= 0.3 is 0 Å². The highest BCUT2D eigenvalue weighted by Crippen LogP contribution is 2.24. The van der Waals surface area contributed by atoms with Crippen molar-refractivity contribution in [3.05, 3.63) is 88.9 Å². The summed E-state index contributed by atoms with van der Waals surface area (Å²) in [7, 11) is 1.60. The van der Waals surface area contributed by atoms with Crippen LogP contribution in [0.3, 0.4) is 0 Å². The minimum Gasteiger partial charge on any atom is -0.497 e. The highest BCUT2D eigenvalue weighted by Gasteiger charge is 2.17. The number of nitrogens with one attached hydrogen (secondary N) is 1. The first kappa shape index (κ1) is 22.0. The maximum Gasteiger partial charge on any atom is 0.274 e. The summed E-state index contributed by atoms with van der Waals surface area (Å²) >= 11 is 0. The van der Waals surface area contributed by atoms with Gasteiger partial charge in [-0.25, -0.2) is 4.98 Å². The van der Waals surface area contributed by atoms with Crippen LogP contribution in [0.4, 0.5) is 0 Å². The van der Waals surface area contributed by atoms with E-state index in [0.29, 0.717) is 35.3 Å². The summed E-state index contributed by atoms with van der Waals surface area (Å²) in [5.74, 6) is 1.49. The number of nitrogens with zero attached hydrogens (tertiary/aromatic N) is 4. The standard InChI is InChI=1S/C25H25N5O3/c1-16-8-10-22(17(2)12-16)30-28-18(3)24(29-30)25(31)27-15-19-9-11-23(26-14-19)33-21-7-5-6-20(13-21)32-4/h5-14H,15H2,1-4H3,(H,27,31). The molecule has 0 fully saturated rings. The lowest BCUT2D eigenvalue weighted by Gasteiger charge is -2.08. The number of benzene rings is 2. The monoisotopic (exact) mass is 443 g/mol. The van der Waals surface area contributed by atoms with E-state index in [2.05, 4.69) is 26.6 Å². The number of aromatic nitrogens is 4. The zero-order valence-electron chi connectivity index (χ0n) is 19.0. The minimum absolute atomic E-state index is 0.291. The Hall–Kier alpha value is -4.20. The molecule has 2 heterocycles. The Morgan fingerprint density at radius 1 is 1.00 bits per heavy atom. The quantitative estimate of drug-likeness (QED) is 0.457. The van der Waals surface area contributed by atoms with Crippen molar-refractivity contribution in [1.29, 1.82) is 0 Å². The fourth-order valence-electron chi connectivity index (χ4n) is 3.35. The van der Waals surface area contributed by atoms with Gasteiger partial charge in [-0.1, -0.05) is 29.8 Å². The van der Waals surface area contributed by atoms with Crippen molar-refractivity contribution in [2.45, 2.75) is 27.3 Å². The number of carbonyl (C=O) groups excluding carboxylic acids is 1. The fourth-order valence-corrected chi connectivity index (χ4v) is 3.35. The third kappa shape index (κ3) is 5.17. The van der Waals surface area contributed by atoms with Crippen LogP contribution >= 0.6 is 0 Å². The van der Waals surface area contributed by atoms with Gasteiger partial charge in [0.25, 0.3) is 5.91 Å². The second-order valence-electron chi connectivity index (χ2n) is 7.68. The molecule has 0 spiro atoms. The van der Waals surface area contributed by atoms with E-state index in [4.69, 9.17) is 9.47 Å². The molecule has 2 aromatic heterocycles. The summed E-state index contributed by atoms with van der Waals surface area (Å²) in [6.45, 7) is 6.11. The highest BCUT2D eigenvalue weighted by molar-refractivity contribution is 5.93. The highest BCUT2D eigenvalue weighted by atomic mass is 16.5. The number of amides is 1. The van der Waals surface area contributed by atoms with Crippen molar-refractivity contribution in [2.75, 3.05) is 7.11 Å². The van der Waals surface area contributed by atoms with E-state index in [1.54, 1.807) is 32.4 Å². The number of ether oxygens (including phenoxy) is 2. The van der Waals surface area contributed by atoms with Gasteiger partial charge in [0, 0.05) is 24.9 Å². The topological polar surface area (TPSA) is 91.2 Å². The number of rotatable bonds is 7. The zero-order chi connectivity index (χ0) is 23.4. The number of aryl methyl sites for hydroxylation is 3. The number of methoxy groups -OCH3 is 1. The van der Waals surface area contributed by atoms with Crippen LogP contribution in [0, 0.1) is 20.8 Å². The van der Waals surface area contributed by atoms with Gasteiger partial charge in [0.05, 0.1) is 18.5 Å². The average Bonchev–Trinajstić information content (AvgIpc) is 3.20. The lowest BCUT2D eigenvalue weighted by Crippen LogP contribution is -2.24. The molecule has 0 unspecified atom stereocenters. The molecule has 1 N–H and O–H groups in total. The van der Waals surface area contributed by atoms with Crippen LogP contribution in [0.2, 0.25) is 0 Å². The molecule has 0 bridgehead atoms. The van der Waals surface area contributed by atoms with Gasteiger partial charge in [0.1, 0.15) is 11.5 Å². The second-order valence-corrected chi connectivity index (χ2v) is 7.68. The third-order valence-electron chi connectivity index (χ3n) is 5.08. The average molecular weight is 444 g/mol. The van der Waals surface area contributed by atoms with Crippen molar-refractivity contribution >= 4 is 5.91 Å². The van der Waals surface area contributed by atoms with Crippen LogP contribution < -0.4 is 14.8 Å². The van der Waals surface area contributed by atoms with Crippen molar-refractivity contribution < 1.29 is 14.3 Å². The van der Waals surface area contributed by atoms with E-state index in [9.17, 15) is 4.79 Å². The lowest BCUT2D eigenvalue weighted by molar-refractivity contribution is 0.0945. The number of hydrogen-bond acceptors (Lipinski definition) is 6. The van der Waals surface area contributed by atoms with Crippen LogP contribution in [-0.4, -0.2) is 33.0 Å². The summed E-state index contributed by atoms with van der Waals surface area (Å²) in [4.78, 5) is 18.5. The predicted molar refractivity (Wildman–Crippen MR) is 124 cm³/mol. The lowest BCUT2D eigenvalue weighted by atomic mass is 10.1.